The third-order valence-electron chi connectivity index (χ3n) is 8.05. The van der Waals surface area contributed by atoms with E-state index in [-0.39, 0.29) is 12.4 Å². The summed E-state index contributed by atoms with van der Waals surface area (Å²) in [5, 5.41) is 9.37. The van der Waals surface area contributed by atoms with Crippen LogP contribution in [-0.2, 0) is 14.3 Å². The smallest absolute Gasteiger partial charge is 0.334 e. The summed E-state index contributed by atoms with van der Waals surface area (Å²) in [6.45, 7) is 2.10. The second-order valence-corrected chi connectivity index (χ2v) is 8.81. The molecule has 0 spiro atoms. The minimum Gasteiger partial charge on any atom is -0.481 e. The van der Waals surface area contributed by atoms with Crippen LogP contribution < -0.4 is 0 Å². The number of aliphatic carboxylic acids is 1. The Morgan fingerprint density at radius 2 is 1.58 bits per heavy atom. The normalized spacial score (nSPS) is 48.7. The molecule has 0 aromatic carbocycles. The molecular formula is C20H26O4. The van der Waals surface area contributed by atoms with E-state index < -0.39 is 5.97 Å². The molecule has 0 amide bonds. The summed E-state index contributed by atoms with van der Waals surface area (Å²) in [6, 6.07) is 0. The molecule has 4 unspecified atom stereocenters. The van der Waals surface area contributed by atoms with Crippen molar-refractivity contribution >= 4 is 11.9 Å². The van der Waals surface area contributed by atoms with E-state index in [4.69, 9.17) is 4.74 Å². The summed E-state index contributed by atoms with van der Waals surface area (Å²) in [7, 11) is 0. The summed E-state index contributed by atoms with van der Waals surface area (Å²) in [4.78, 5) is 24.0. The standard InChI is InChI=1S/C20H26O4/c1-2-24-20(23)16(8-17(21)22)18-10-6-12-11-3-9-4-14(12)19(18)15(5-9)13(11)7-10/h9-15,19H,2-8H2,1H3,(H,21,22). The van der Waals surface area contributed by atoms with Gasteiger partial charge in [-0.1, -0.05) is 5.57 Å². The van der Waals surface area contributed by atoms with E-state index in [1.807, 2.05) is 0 Å². The van der Waals surface area contributed by atoms with Gasteiger partial charge in [0, 0.05) is 5.57 Å². The first-order valence-electron chi connectivity index (χ1n) is 9.70. The van der Waals surface area contributed by atoms with Crippen molar-refractivity contribution < 1.29 is 19.4 Å². The molecular weight excluding hydrogens is 304 g/mol. The number of esters is 1. The van der Waals surface area contributed by atoms with E-state index >= 15 is 0 Å². The van der Waals surface area contributed by atoms with E-state index in [1.165, 1.54) is 37.7 Å². The van der Waals surface area contributed by atoms with E-state index in [9.17, 15) is 14.7 Å². The number of carboxylic acid groups (broad SMARTS) is 1. The zero-order chi connectivity index (χ0) is 16.6. The first-order valence-corrected chi connectivity index (χ1v) is 9.70. The maximum atomic E-state index is 12.6. The van der Waals surface area contributed by atoms with Crippen LogP contribution in [-0.4, -0.2) is 23.7 Å². The number of carboxylic acids is 1. The molecule has 7 rings (SSSR count). The molecule has 7 saturated carbocycles. The van der Waals surface area contributed by atoms with Crippen LogP contribution in [0.1, 0.15) is 45.4 Å². The van der Waals surface area contributed by atoms with Crippen molar-refractivity contribution in [2.75, 3.05) is 6.61 Å². The Morgan fingerprint density at radius 3 is 2.17 bits per heavy atom. The molecule has 7 aliphatic carbocycles. The van der Waals surface area contributed by atoms with Crippen molar-refractivity contribution in [1.82, 2.24) is 0 Å². The number of carbonyl (C=O) groups is 2. The highest BCUT2D eigenvalue weighted by molar-refractivity contribution is 5.94. The van der Waals surface area contributed by atoms with Gasteiger partial charge >= 0.3 is 11.9 Å². The molecule has 0 saturated heterocycles. The van der Waals surface area contributed by atoms with Crippen molar-refractivity contribution in [3.63, 3.8) is 0 Å². The van der Waals surface area contributed by atoms with Gasteiger partial charge in [-0.2, -0.15) is 0 Å². The number of hydrogen-bond acceptors (Lipinski definition) is 3. The lowest BCUT2D eigenvalue weighted by molar-refractivity contribution is -0.178. The van der Waals surface area contributed by atoms with Crippen LogP contribution in [0.5, 0.6) is 0 Å². The molecule has 4 heteroatoms. The second kappa shape index (κ2) is 5.09. The van der Waals surface area contributed by atoms with E-state index in [0.29, 0.717) is 35.9 Å². The van der Waals surface area contributed by atoms with E-state index in [1.54, 1.807) is 6.92 Å². The SMILES string of the molecule is CCOC(=O)C(CC(=O)O)=C1C2CC3C4CC5CC3C1C(C5)C4C2. The topological polar surface area (TPSA) is 63.6 Å². The summed E-state index contributed by atoms with van der Waals surface area (Å²) in [6.07, 6.45) is 6.30. The van der Waals surface area contributed by atoms with E-state index in [2.05, 4.69) is 0 Å². The average molecular weight is 330 g/mol. The summed E-state index contributed by atoms with van der Waals surface area (Å²) >= 11 is 0. The van der Waals surface area contributed by atoms with Gasteiger partial charge in [-0.05, 0) is 86.4 Å². The lowest BCUT2D eigenvalue weighted by Crippen LogP contribution is -2.63. The van der Waals surface area contributed by atoms with Crippen molar-refractivity contribution in [3.05, 3.63) is 11.1 Å². The van der Waals surface area contributed by atoms with Gasteiger partial charge in [0.15, 0.2) is 0 Å². The molecule has 7 aliphatic rings. The predicted octanol–water partition coefficient (Wildman–Crippen LogP) is 3.27. The predicted molar refractivity (Wildman–Crippen MR) is 86.9 cm³/mol. The van der Waals surface area contributed by atoms with Crippen molar-refractivity contribution in [2.24, 2.45) is 47.3 Å². The quantitative estimate of drug-likeness (QED) is 0.635. The maximum Gasteiger partial charge on any atom is 0.334 e. The van der Waals surface area contributed by atoms with Crippen LogP contribution in [0.25, 0.3) is 0 Å². The Morgan fingerprint density at radius 1 is 1.00 bits per heavy atom. The van der Waals surface area contributed by atoms with Gasteiger partial charge in [0.1, 0.15) is 0 Å². The monoisotopic (exact) mass is 330 g/mol. The van der Waals surface area contributed by atoms with Crippen LogP contribution >= 0.6 is 0 Å². The van der Waals surface area contributed by atoms with Crippen LogP contribution in [0.3, 0.4) is 0 Å². The Bertz CT molecular complexity index is 612. The third-order valence-corrected chi connectivity index (χ3v) is 8.05. The Labute approximate surface area is 142 Å². The lowest BCUT2D eigenvalue weighted by atomic mass is 9.34. The number of rotatable bonds is 4. The minimum atomic E-state index is -0.910. The molecule has 130 valence electrons. The van der Waals surface area contributed by atoms with Gasteiger partial charge in [-0.3, -0.25) is 4.79 Å². The molecule has 24 heavy (non-hydrogen) atoms. The molecule has 0 aromatic rings. The van der Waals surface area contributed by atoms with Gasteiger partial charge in [0.25, 0.3) is 0 Å². The average Bonchev–Trinajstić information content (AvgIpc) is 2.56. The molecule has 8 bridgehead atoms. The first-order chi connectivity index (χ1) is 11.6. The van der Waals surface area contributed by atoms with Crippen LogP contribution in [0, 0.1) is 47.3 Å². The Hall–Kier alpha value is -1.32. The summed E-state index contributed by atoms with van der Waals surface area (Å²) in [5.74, 6) is 4.62. The number of allylic oxidation sites excluding steroid dienone is 1. The number of carbonyl (C=O) groups excluding carboxylic acids is 1. The molecule has 0 radical (unpaired) electrons. The molecule has 4 nitrogen and oxygen atoms in total. The first kappa shape index (κ1) is 15.0. The summed E-state index contributed by atoms with van der Waals surface area (Å²) < 4.78 is 5.25. The van der Waals surface area contributed by atoms with Crippen LogP contribution in [0.2, 0.25) is 0 Å². The fourth-order valence-corrected chi connectivity index (χ4v) is 7.79. The van der Waals surface area contributed by atoms with Gasteiger partial charge in [0.2, 0.25) is 0 Å². The largest absolute Gasteiger partial charge is 0.481 e. The highest BCUT2D eigenvalue weighted by Crippen LogP contribution is 2.72. The second-order valence-electron chi connectivity index (χ2n) is 8.81. The van der Waals surface area contributed by atoms with Gasteiger partial charge in [-0.25, -0.2) is 4.79 Å². The Balaban J connectivity index is 1.60. The van der Waals surface area contributed by atoms with Crippen molar-refractivity contribution in [2.45, 2.75) is 45.4 Å². The van der Waals surface area contributed by atoms with Crippen molar-refractivity contribution in [1.29, 1.82) is 0 Å². The zero-order valence-electron chi connectivity index (χ0n) is 14.2. The van der Waals surface area contributed by atoms with Gasteiger partial charge in [-0.15, -0.1) is 0 Å². The molecule has 4 atom stereocenters. The van der Waals surface area contributed by atoms with Crippen molar-refractivity contribution in [3.8, 4) is 0 Å². The van der Waals surface area contributed by atoms with Crippen LogP contribution in [0.15, 0.2) is 11.1 Å². The third kappa shape index (κ3) is 1.86. The molecule has 0 aliphatic heterocycles. The molecule has 0 aromatic heterocycles. The highest BCUT2D eigenvalue weighted by atomic mass is 16.5. The number of ether oxygens (including phenoxy) is 1. The summed E-state index contributed by atoms with van der Waals surface area (Å²) in [5.41, 5.74) is 1.72. The number of hydrogen-bond donors (Lipinski definition) is 1. The van der Waals surface area contributed by atoms with Gasteiger partial charge in [0.05, 0.1) is 13.0 Å². The fourth-order valence-electron chi connectivity index (χ4n) is 7.79. The maximum absolute atomic E-state index is 12.6. The Kier molecular flexibility index (Phi) is 3.18. The molecule has 7 fully saturated rings. The van der Waals surface area contributed by atoms with E-state index in [0.717, 1.165) is 23.7 Å². The van der Waals surface area contributed by atoms with Gasteiger partial charge < -0.3 is 9.84 Å². The highest BCUT2D eigenvalue weighted by Gasteiger charge is 2.65. The molecule has 1 N–H and O–H groups in total. The molecule has 0 heterocycles. The van der Waals surface area contributed by atoms with Crippen LogP contribution in [0.4, 0.5) is 0 Å². The lowest BCUT2D eigenvalue weighted by Gasteiger charge is -2.70. The zero-order valence-corrected chi connectivity index (χ0v) is 14.2. The minimum absolute atomic E-state index is 0.164. The fraction of sp³-hybridized carbons (Fsp3) is 0.800.